The van der Waals surface area contributed by atoms with Crippen LogP contribution in [-0.2, 0) is 11.2 Å². The fourth-order valence-corrected chi connectivity index (χ4v) is 2.50. The van der Waals surface area contributed by atoms with Crippen molar-refractivity contribution < 1.29 is 9.90 Å². The molecule has 0 bridgehead atoms. The van der Waals surface area contributed by atoms with Crippen molar-refractivity contribution in [3.63, 3.8) is 0 Å². The van der Waals surface area contributed by atoms with Crippen molar-refractivity contribution in [2.75, 3.05) is 0 Å². The lowest BCUT2D eigenvalue weighted by Crippen LogP contribution is -2.18. The molecule has 0 saturated heterocycles. The van der Waals surface area contributed by atoms with Crippen LogP contribution < -0.4 is 5.11 Å². The van der Waals surface area contributed by atoms with Crippen LogP contribution in [0.1, 0.15) is 18.1 Å². The van der Waals surface area contributed by atoms with Gasteiger partial charge in [0.05, 0.1) is 17.4 Å². The lowest BCUT2D eigenvalue weighted by atomic mass is 10.0. The van der Waals surface area contributed by atoms with Crippen LogP contribution in [0, 0.1) is 0 Å². The largest absolute Gasteiger partial charge is 0.545 e. The number of carbonyl (C=O) groups is 1. The first-order valence-corrected chi connectivity index (χ1v) is 7.81. The Kier molecular flexibility index (Phi) is 4.57. The molecule has 1 heterocycles. The molecule has 0 aliphatic carbocycles. The Morgan fingerprint density at radius 2 is 1.83 bits per heavy atom. The predicted octanol–water partition coefficient (Wildman–Crippen LogP) is 2.86. The van der Waals surface area contributed by atoms with Gasteiger partial charge in [0, 0.05) is 17.3 Å². The molecule has 1 aromatic heterocycles. The monoisotopic (exact) mass is 317 g/mol. The standard InChI is InChI=1S/C20H18N2O2/c1-2-15-8-10-16(11-9-15)20-17(12-13-19(23)24)14-22(21-20)18-6-4-3-5-7-18/h3-14H,2H2,1H3,(H,23,24)/p-1/b13-12+. The maximum atomic E-state index is 10.8. The number of para-hydroxylation sites is 1. The molecule has 4 nitrogen and oxygen atoms in total. The Balaban J connectivity index is 2.08. The van der Waals surface area contributed by atoms with E-state index in [0.717, 1.165) is 35.0 Å². The van der Waals surface area contributed by atoms with Gasteiger partial charge in [-0.3, -0.25) is 0 Å². The number of aromatic nitrogens is 2. The summed E-state index contributed by atoms with van der Waals surface area (Å²) in [5, 5.41) is 15.4. The van der Waals surface area contributed by atoms with E-state index in [9.17, 15) is 9.90 Å². The molecule has 0 saturated carbocycles. The van der Waals surface area contributed by atoms with Gasteiger partial charge in [-0.15, -0.1) is 0 Å². The van der Waals surface area contributed by atoms with Crippen molar-refractivity contribution in [1.82, 2.24) is 9.78 Å². The minimum Gasteiger partial charge on any atom is -0.545 e. The molecule has 0 radical (unpaired) electrons. The van der Waals surface area contributed by atoms with Gasteiger partial charge < -0.3 is 9.90 Å². The maximum Gasteiger partial charge on any atom is 0.0999 e. The van der Waals surface area contributed by atoms with E-state index in [0.29, 0.717) is 0 Å². The zero-order valence-corrected chi connectivity index (χ0v) is 13.3. The van der Waals surface area contributed by atoms with Gasteiger partial charge in [-0.25, -0.2) is 4.68 Å². The summed E-state index contributed by atoms with van der Waals surface area (Å²) in [6.45, 7) is 2.10. The van der Waals surface area contributed by atoms with Crippen molar-refractivity contribution in [3.05, 3.63) is 78.0 Å². The summed E-state index contributed by atoms with van der Waals surface area (Å²) >= 11 is 0. The fourth-order valence-electron chi connectivity index (χ4n) is 2.50. The molecule has 120 valence electrons. The molecule has 0 atom stereocenters. The lowest BCUT2D eigenvalue weighted by molar-refractivity contribution is -0.297. The van der Waals surface area contributed by atoms with Crippen LogP contribution >= 0.6 is 0 Å². The topological polar surface area (TPSA) is 58.0 Å². The third-order valence-corrected chi connectivity index (χ3v) is 3.80. The molecule has 3 aromatic rings. The van der Waals surface area contributed by atoms with E-state index in [1.807, 2.05) is 48.7 Å². The average molecular weight is 317 g/mol. The minimum absolute atomic E-state index is 0.729. The van der Waals surface area contributed by atoms with E-state index >= 15 is 0 Å². The zero-order chi connectivity index (χ0) is 16.9. The van der Waals surface area contributed by atoms with Gasteiger partial charge in [0.1, 0.15) is 0 Å². The van der Waals surface area contributed by atoms with E-state index < -0.39 is 5.97 Å². The summed E-state index contributed by atoms with van der Waals surface area (Å²) in [6, 6.07) is 17.8. The molecule has 0 spiro atoms. The highest BCUT2D eigenvalue weighted by Crippen LogP contribution is 2.25. The molecule has 0 N–H and O–H groups in total. The lowest BCUT2D eigenvalue weighted by Gasteiger charge is -2.02. The second kappa shape index (κ2) is 6.96. The highest BCUT2D eigenvalue weighted by atomic mass is 16.4. The van der Waals surface area contributed by atoms with E-state index in [1.54, 1.807) is 4.68 Å². The number of carbonyl (C=O) groups excluding carboxylic acids is 1. The van der Waals surface area contributed by atoms with E-state index in [1.165, 1.54) is 11.6 Å². The normalized spacial score (nSPS) is 11.0. The summed E-state index contributed by atoms with van der Waals surface area (Å²) < 4.78 is 1.75. The molecule has 0 fully saturated rings. The van der Waals surface area contributed by atoms with Crippen LogP contribution in [0.5, 0.6) is 0 Å². The van der Waals surface area contributed by atoms with Crippen LogP contribution in [0.3, 0.4) is 0 Å². The molecular weight excluding hydrogens is 300 g/mol. The van der Waals surface area contributed by atoms with Gasteiger partial charge in [0.15, 0.2) is 0 Å². The third-order valence-electron chi connectivity index (χ3n) is 3.80. The Hall–Kier alpha value is -3.14. The molecule has 2 aromatic carbocycles. The average Bonchev–Trinajstić information content (AvgIpc) is 3.05. The number of aliphatic carboxylic acids is 1. The van der Waals surface area contributed by atoms with Crippen LogP contribution in [0.25, 0.3) is 23.0 Å². The zero-order valence-electron chi connectivity index (χ0n) is 13.3. The summed E-state index contributed by atoms with van der Waals surface area (Å²) in [6.07, 6.45) is 5.33. The molecular formula is C20H17N2O2-. The molecule has 0 unspecified atom stereocenters. The summed E-state index contributed by atoms with van der Waals surface area (Å²) in [5.74, 6) is -1.23. The molecule has 4 heteroatoms. The molecule has 0 aliphatic rings. The Labute approximate surface area is 140 Å². The number of carboxylic acid groups (broad SMARTS) is 1. The van der Waals surface area contributed by atoms with Crippen molar-refractivity contribution in [2.45, 2.75) is 13.3 Å². The Morgan fingerprint density at radius 3 is 2.46 bits per heavy atom. The minimum atomic E-state index is -1.23. The van der Waals surface area contributed by atoms with Gasteiger partial charge in [-0.1, -0.05) is 49.4 Å². The van der Waals surface area contributed by atoms with Crippen LogP contribution in [0.2, 0.25) is 0 Å². The second-order valence-corrected chi connectivity index (χ2v) is 5.42. The van der Waals surface area contributed by atoms with E-state index in [-0.39, 0.29) is 0 Å². The molecule has 24 heavy (non-hydrogen) atoms. The quantitative estimate of drug-likeness (QED) is 0.680. The number of rotatable bonds is 5. The molecule has 0 aliphatic heterocycles. The number of aryl methyl sites for hydroxylation is 1. The van der Waals surface area contributed by atoms with Gasteiger partial charge in [-0.05, 0) is 36.3 Å². The predicted molar refractivity (Wildman–Crippen MR) is 92.4 cm³/mol. The Morgan fingerprint density at radius 1 is 1.12 bits per heavy atom. The van der Waals surface area contributed by atoms with Gasteiger partial charge in [0.25, 0.3) is 0 Å². The third kappa shape index (κ3) is 3.43. The second-order valence-electron chi connectivity index (χ2n) is 5.42. The number of benzene rings is 2. The molecule has 3 rings (SSSR count). The maximum absolute atomic E-state index is 10.8. The van der Waals surface area contributed by atoms with Crippen LogP contribution in [0.4, 0.5) is 0 Å². The number of hydrogen-bond acceptors (Lipinski definition) is 3. The number of nitrogens with zero attached hydrogens (tertiary/aromatic N) is 2. The SMILES string of the molecule is CCc1ccc(-c2nn(-c3ccccc3)cc2/C=C/C(=O)[O-])cc1. The van der Waals surface area contributed by atoms with E-state index in [4.69, 9.17) is 0 Å². The van der Waals surface area contributed by atoms with Crippen LogP contribution in [-0.4, -0.2) is 15.7 Å². The van der Waals surface area contributed by atoms with Crippen molar-refractivity contribution in [2.24, 2.45) is 0 Å². The Bertz CT molecular complexity index is 862. The van der Waals surface area contributed by atoms with Gasteiger partial charge in [-0.2, -0.15) is 5.10 Å². The highest BCUT2D eigenvalue weighted by molar-refractivity contribution is 5.85. The summed E-state index contributed by atoms with van der Waals surface area (Å²) in [7, 11) is 0. The van der Waals surface area contributed by atoms with Crippen LogP contribution in [0.15, 0.2) is 66.9 Å². The highest BCUT2D eigenvalue weighted by Gasteiger charge is 2.10. The van der Waals surface area contributed by atoms with Crippen molar-refractivity contribution in [3.8, 4) is 16.9 Å². The first-order chi connectivity index (χ1) is 11.7. The van der Waals surface area contributed by atoms with Gasteiger partial charge >= 0.3 is 0 Å². The summed E-state index contributed by atoms with van der Waals surface area (Å²) in [5.41, 5.74) is 4.57. The van der Waals surface area contributed by atoms with E-state index in [2.05, 4.69) is 24.2 Å². The van der Waals surface area contributed by atoms with Crippen molar-refractivity contribution in [1.29, 1.82) is 0 Å². The first kappa shape index (κ1) is 15.7. The number of hydrogen-bond donors (Lipinski definition) is 0. The summed E-state index contributed by atoms with van der Waals surface area (Å²) in [4.78, 5) is 10.8. The fraction of sp³-hybridized carbons (Fsp3) is 0.100. The number of carboxylic acids is 1. The molecule has 0 amide bonds. The smallest absolute Gasteiger partial charge is 0.0999 e. The first-order valence-electron chi connectivity index (χ1n) is 7.81. The van der Waals surface area contributed by atoms with Gasteiger partial charge in [0.2, 0.25) is 0 Å². The van der Waals surface area contributed by atoms with Crippen molar-refractivity contribution >= 4 is 12.0 Å².